The minimum atomic E-state index is 0.386. The van der Waals surface area contributed by atoms with Gasteiger partial charge in [-0.2, -0.15) is 0 Å². The van der Waals surface area contributed by atoms with Gasteiger partial charge < -0.3 is 9.84 Å². The monoisotopic (exact) mass is 354 g/mol. The first-order chi connectivity index (χ1) is 12.6. The van der Waals surface area contributed by atoms with Crippen LogP contribution in [0.5, 0.6) is 0 Å². The lowest BCUT2D eigenvalue weighted by Crippen LogP contribution is -2.46. The van der Waals surface area contributed by atoms with E-state index in [1.807, 2.05) is 6.08 Å². The Morgan fingerprint density at radius 2 is 1.88 bits per heavy atom. The Morgan fingerprint density at radius 1 is 1.04 bits per heavy atom. The number of hydrogen-bond acceptors (Lipinski definition) is 2. The van der Waals surface area contributed by atoms with E-state index in [1.54, 1.807) is 0 Å². The summed E-state index contributed by atoms with van der Waals surface area (Å²) in [5.41, 5.74) is 3.24. The summed E-state index contributed by atoms with van der Waals surface area (Å²) >= 11 is 0. The lowest BCUT2D eigenvalue weighted by molar-refractivity contribution is -0.106. The molecule has 0 aromatic rings. The van der Waals surface area contributed by atoms with Crippen molar-refractivity contribution >= 4 is 0 Å². The van der Waals surface area contributed by atoms with Crippen molar-refractivity contribution in [2.75, 3.05) is 0 Å². The summed E-state index contributed by atoms with van der Waals surface area (Å²) in [4.78, 5) is 0. The van der Waals surface area contributed by atoms with E-state index < -0.39 is 0 Å². The number of rotatable bonds is 2. The summed E-state index contributed by atoms with van der Waals surface area (Å²) in [5, 5.41) is 9.88. The third-order valence-corrected chi connectivity index (χ3v) is 8.45. The quantitative estimate of drug-likeness (QED) is 0.635. The van der Waals surface area contributed by atoms with E-state index in [4.69, 9.17) is 4.74 Å². The Bertz CT molecular complexity index is 651. The lowest BCUT2D eigenvalue weighted by atomic mass is 9.55. The van der Waals surface area contributed by atoms with Crippen LogP contribution in [-0.4, -0.2) is 17.3 Å². The van der Waals surface area contributed by atoms with Gasteiger partial charge in [-0.05, 0) is 85.3 Å². The molecular weight excluding hydrogens is 320 g/mol. The molecule has 0 amide bonds. The first-order valence-electron chi connectivity index (χ1n) is 11.1. The molecule has 5 aliphatic carbocycles. The molecule has 26 heavy (non-hydrogen) atoms. The van der Waals surface area contributed by atoms with Gasteiger partial charge in [0.2, 0.25) is 0 Å². The van der Waals surface area contributed by atoms with E-state index in [1.165, 1.54) is 75.4 Å². The maximum atomic E-state index is 9.88. The molecule has 142 valence electrons. The molecule has 0 saturated heterocycles. The van der Waals surface area contributed by atoms with Crippen molar-refractivity contribution < 1.29 is 9.84 Å². The molecule has 3 saturated carbocycles. The highest BCUT2D eigenvalue weighted by Gasteiger charge is 2.55. The third-order valence-electron chi connectivity index (χ3n) is 8.45. The van der Waals surface area contributed by atoms with Crippen molar-refractivity contribution in [3.8, 4) is 0 Å². The van der Waals surface area contributed by atoms with Gasteiger partial charge in [-0.3, -0.25) is 0 Å². The molecule has 0 aliphatic heterocycles. The first kappa shape index (κ1) is 17.1. The van der Waals surface area contributed by atoms with E-state index >= 15 is 0 Å². The predicted molar refractivity (Wildman–Crippen MR) is 105 cm³/mol. The topological polar surface area (TPSA) is 29.5 Å². The molecule has 2 nitrogen and oxygen atoms in total. The van der Waals surface area contributed by atoms with Crippen LogP contribution in [0, 0.1) is 23.2 Å². The highest BCUT2D eigenvalue weighted by molar-refractivity contribution is 5.48. The minimum Gasteiger partial charge on any atom is -0.512 e. The van der Waals surface area contributed by atoms with Crippen LogP contribution in [0.3, 0.4) is 0 Å². The second-order valence-corrected chi connectivity index (χ2v) is 9.78. The first-order valence-corrected chi connectivity index (χ1v) is 11.1. The van der Waals surface area contributed by atoms with E-state index in [9.17, 15) is 5.11 Å². The summed E-state index contributed by atoms with van der Waals surface area (Å²) < 4.78 is 6.75. The molecule has 0 heterocycles. The Kier molecular flexibility index (Phi) is 4.31. The summed E-state index contributed by atoms with van der Waals surface area (Å²) in [6.07, 6.45) is 21.6. The van der Waals surface area contributed by atoms with Crippen molar-refractivity contribution in [2.24, 2.45) is 23.2 Å². The second kappa shape index (κ2) is 6.55. The zero-order valence-electron chi connectivity index (χ0n) is 16.3. The normalized spacial score (nSPS) is 42.9. The average Bonchev–Trinajstić information content (AvgIpc) is 2.98. The standard InChI is InChI=1S/C24H34O2/c1-24-14-13-20-19-10-8-17(25)15-16(19)7-9-21(20)22(24)11-12-23(24)26-18-5-3-2-4-6-18/h7,10,15,18,20-23,25H,2-6,8-9,11-14H2,1H3/t20-,21-,22+,23+,24+/m1/s1. The van der Waals surface area contributed by atoms with Gasteiger partial charge in [0.05, 0.1) is 18.0 Å². The fraction of sp³-hybridized carbons (Fsp3) is 0.750. The molecule has 2 heteroatoms. The summed E-state index contributed by atoms with van der Waals surface area (Å²) in [6, 6.07) is 0. The highest BCUT2D eigenvalue weighted by atomic mass is 16.5. The SMILES string of the molecule is C[C@]12CC[C@@H]3C4=CCC(O)=CC4=CC[C@H]3[C@@H]1CC[C@@H]2OC1CCCCC1. The molecule has 1 N–H and O–H groups in total. The zero-order valence-corrected chi connectivity index (χ0v) is 16.3. The lowest BCUT2D eigenvalue weighted by Gasteiger charge is -2.51. The maximum absolute atomic E-state index is 9.88. The number of aliphatic hydroxyl groups is 1. The molecule has 0 bridgehead atoms. The number of fused-ring (bicyclic) bond motifs is 5. The van der Waals surface area contributed by atoms with Crippen LogP contribution < -0.4 is 0 Å². The molecule has 5 aliphatic rings. The minimum absolute atomic E-state index is 0.386. The molecule has 3 fully saturated rings. The van der Waals surface area contributed by atoms with Crippen LogP contribution in [-0.2, 0) is 4.74 Å². The van der Waals surface area contributed by atoms with Gasteiger partial charge in [0.1, 0.15) is 0 Å². The number of hydrogen-bond donors (Lipinski definition) is 1. The van der Waals surface area contributed by atoms with Crippen LogP contribution >= 0.6 is 0 Å². The molecule has 5 atom stereocenters. The van der Waals surface area contributed by atoms with Gasteiger partial charge >= 0.3 is 0 Å². The van der Waals surface area contributed by atoms with Gasteiger partial charge in [-0.25, -0.2) is 0 Å². The summed E-state index contributed by atoms with van der Waals surface area (Å²) in [6.45, 7) is 2.55. The van der Waals surface area contributed by atoms with Crippen LogP contribution in [0.4, 0.5) is 0 Å². The van der Waals surface area contributed by atoms with Gasteiger partial charge in [-0.15, -0.1) is 0 Å². The molecule has 0 aromatic heterocycles. The largest absolute Gasteiger partial charge is 0.512 e. The van der Waals surface area contributed by atoms with E-state index in [-0.39, 0.29) is 0 Å². The van der Waals surface area contributed by atoms with Crippen molar-refractivity contribution in [3.63, 3.8) is 0 Å². The van der Waals surface area contributed by atoms with Gasteiger partial charge in [0.15, 0.2) is 0 Å². The average molecular weight is 355 g/mol. The zero-order chi connectivity index (χ0) is 17.7. The Hall–Kier alpha value is -1.02. The van der Waals surface area contributed by atoms with Crippen molar-refractivity contribution in [3.05, 3.63) is 35.1 Å². The summed E-state index contributed by atoms with van der Waals surface area (Å²) in [5.74, 6) is 2.84. The molecule has 5 rings (SSSR count). The molecule has 0 unspecified atom stereocenters. The second-order valence-electron chi connectivity index (χ2n) is 9.78. The Morgan fingerprint density at radius 3 is 2.73 bits per heavy atom. The van der Waals surface area contributed by atoms with E-state index in [0.717, 1.165) is 18.3 Å². The Labute approximate surface area is 158 Å². The smallest absolute Gasteiger partial charge is 0.0966 e. The van der Waals surface area contributed by atoms with Crippen LogP contribution in [0.2, 0.25) is 0 Å². The van der Waals surface area contributed by atoms with Crippen molar-refractivity contribution in [2.45, 2.75) is 89.8 Å². The molecule has 0 radical (unpaired) electrons. The summed E-state index contributed by atoms with van der Waals surface area (Å²) in [7, 11) is 0. The van der Waals surface area contributed by atoms with Crippen LogP contribution in [0.1, 0.15) is 77.6 Å². The molecule has 0 aromatic carbocycles. The van der Waals surface area contributed by atoms with Gasteiger partial charge in [0, 0.05) is 6.42 Å². The van der Waals surface area contributed by atoms with Gasteiger partial charge in [0.25, 0.3) is 0 Å². The molecule has 0 spiro atoms. The maximum Gasteiger partial charge on any atom is 0.0966 e. The number of allylic oxidation sites excluding steroid dienone is 5. The predicted octanol–water partition coefficient (Wildman–Crippen LogP) is 6.25. The number of aliphatic hydroxyl groups excluding tert-OH is 1. The fourth-order valence-corrected chi connectivity index (χ4v) is 7.07. The fourth-order valence-electron chi connectivity index (χ4n) is 7.07. The highest BCUT2D eigenvalue weighted by Crippen LogP contribution is 2.61. The van der Waals surface area contributed by atoms with Crippen molar-refractivity contribution in [1.82, 2.24) is 0 Å². The van der Waals surface area contributed by atoms with Crippen LogP contribution in [0.25, 0.3) is 0 Å². The van der Waals surface area contributed by atoms with Crippen LogP contribution in [0.15, 0.2) is 35.1 Å². The van der Waals surface area contributed by atoms with E-state index in [0.29, 0.717) is 29.3 Å². The van der Waals surface area contributed by atoms with E-state index in [2.05, 4.69) is 19.1 Å². The van der Waals surface area contributed by atoms with Gasteiger partial charge in [-0.1, -0.05) is 38.3 Å². The number of ether oxygens (including phenoxy) is 1. The Balaban J connectivity index is 1.35. The molecular formula is C24H34O2. The third kappa shape index (κ3) is 2.71. The van der Waals surface area contributed by atoms with Crippen molar-refractivity contribution in [1.29, 1.82) is 0 Å².